The highest BCUT2D eigenvalue weighted by Gasteiger charge is 2.24. The first-order chi connectivity index (χ1) is 9.08. The molecule has 0 aromatic heterocycles. The van der Waals surface area contributed by atoms with Gasteiger partial charge in [0.2, 0.25) is 0 Å². The van der Waals surface area contributed by atoms with Gasteiger partial charge in [0, 0.05) is 4.47 Å². The Morgan fingerprint density at radius 1 is 1.21 bits per heavy atom. The lowest BCUT2D eigenvalue weighted by atomic mass is 10.0. The summed E-state index contributed by atoms with van der Waals surface area (Å²) in [6, 6.07) is 6.13. The van der Waals surface area contributed by atoms with E-state index in [4.69, 9.17) is 4.74 Å². The van der Waals surface area contributed by atoms with Gasteiger partial charge in [0.15, 0.2) is 0 Å². The van der Waals surface area contributed by atoms with E-state index in [9.17, 15) is 5.11 Å². The van der Waals surface area contributed by atoms with E-state index < -0.39 is 0 Å². The van der Waals surface area contributed by atoms with Crippen LogP contribution in [0.25, 0.3) is 0 Å². The van der Waals surface area contributed by atoms with Crippen LogP contribution in [0.4, 0.5) is 0 Å². The second-order valence-electron chi connectivity index (χ2n) is 5.70. The summed E-state index contributed by atoms with van der Waals surface area (Å²) in [4.78, 5) is 0. The third kappa shape index (κ3) is 3.96. The molecule has 0 spiro atoms. The Labute approximate surface area is 124 Å². The van der Waals surface area contributed by atoms with Gasteiger partial charge in [0.1, 0.15) is 11.9 Å². The molecule has 2 nitrogen and oxygen atoms in total. The van der Waals surface area contributed by atoms with Crippen molar-refractivity contribution < 1.29 is 9.84 Å². The maximum absolute atomic E-state index is 10.2. The molecular formula is C16H23BrO2. The number of aliphatic hydroxyl groups excluding tert-OH is 1. The normalized spacial score (nSPS) is 24.3. The molecule has 19 heavy (non-hydrogen) atoms. The molecule has 2 unspecified atom stereocenters. The molecular weight excluding hydrogens is 304 g/mol. The predicted molar refractivity (Wildman–Crippen MR) is 81.7 cm³/mol. The van der Waals surface area contributed by atoms with E-state index >= 15 is 0 Å². The molecule has 1 saturated carbocycles. The van der Waals surface area contributed by atoms with Crippen LogP contribution < -0.4 is 4.74 Å². The molecule has 0 radical (unpaired) electrons. The van der Waals surface area contributed by atoms with E-state index in [-0.39, 0.29) is 12.2 Å². The van der Waals surface area contributed by atoms with Crippen LogP contribution in [-0.2, 0) is 0 Å². The molecule has 1 aromatic rings. The third-order valence-electron chi connectivity index (χ3n) is 3.79. The number of ether oxygens (including phenoxy) is 1. The van der Waals surface area contributed by atoms with Gasteiger partial charge < -0.3 is 9.84 Å². The van der Waals surface area contributed by atoms with Crippen molar-refractivity contribution in [3.8, 4) is 5.75 Å². The van der Waals surface area contributed by atoms with Gasteiger partial charge in [0.25, 0.3) is 0 Å². The number of aliphatic hydroxyl groups is 1. The smallest absolute Gasteiger partial charge is 0.124 e. The number of halogens is 1. The highest BCUT2D eigenvalue weighted by atomic mass is 79.9. The van der Waals surface area contributed by atoms with E-state index in [1.165, 1.54) is 12.0 Å². The summed E-state index contributed by atoms with van der Waals surface area (Å²) in [5, 5.41) is 10.2. The highest BCUT2D eigenvalue weighted by Crippen LogP contribution is 2.32. The first kappa shape index (κ1) is 14.9. The van der Waals surface area contributed by atoms with E-state index in [2.05, 4.69) is 35.8 Å². The minimum Gasteiger partial charge on any atom is -0.487 e. The van der Waals surface area contributed by atoms with Crippen LogP contribution in [0.15, 0.2) is 22.7 Å². The molecule has 1 aliphatic rings. The van der Waals surface area contributed by atoms with Gasteiger partial charge in [-0.3, -0.25) is 0 Å². The summed E-state index contributed by atoms with van der Waals surface area (Å²) in [6.07, 6.45) is 4.89. The van der Waals surface area contributed by atoms with Crippen molar-refractivity contribution in [1.82, 2.24) is 0 Å². The molecule has 1 N–H and O–H groups in total. The van der Waals surface area contributed by atoms with Crippen LogP contribution in [0.3, 0.4) is 0 Å². The quantitative estimate of drug-likeness (QED) is 0.819. The topological polar surface area (TPSA) is 29.5 Å². The van der Waals surface area contributed by atoms with Crippen molar-refractivity contribution in [1.29, 1.82) is 0 Å². The van der Waals surface area contributed by atoms with Crippen molar-refractivity contribution in [3.63, 3.8) is 0 Å². The monoisotopic (exact) mass is 326 g/mol. The second kappa shape index (κ2) is 6.76. The van der Waals surface area contributed by atoms with Crippen LogP contribution in [0, 0.1) is 0 Å². The van der Waals surface area contributed by atoms with Crippen LogP contribution >= 0.6 is 15.9 Å². The Morgan fingerprint density at radius 2 is 1.95 bits per heavy atom. The third-order valence-corrected chi connectivity index (χ3v) is 4.28. The van der Waals surface area contributed by atoms with Gasteiger partial charge in [-0.15, -0.1) is 0 Å². The average molecular weight is 327 g/mol. The number of hydrogen-bond acceptors (Lipinski definition) is 2. The van der Waals surface area contributed by atoms with Gasteiger partial charge in [0.05, 0.1) is 6.10 Å². The average Bonchev–Trinajstić information content (AvgIpc) is 2.57. The Hall–Kier alpha value is -0.540. The minimum absolute atomic E-state index is 0.0545. The lowest BCUT2D eigenvalue weighted by molar-refractivity contribution is 0.0313. The first-order valence-corrected chi connectivity index (χ1v) is 8.01. The maximum Gasteiger partial charge on any atom is 0.124 e. The van der Waals surface area contributed by atoms with Crippen LogP contribution in [0.5, 0.6) is 5.75 Å². The van der Waals surface area contributed by atoms with Gasteiger partial charge in [-0.05, 0) is 48.9 Å². The Kier molecular flexibility index (Phi) is 5.28. The van der Waals surface area contributed by atoms with Crippen molar-refractivity contribution >= 4 is 15.9 Å². The molecule has 0 bridgehead atoms. The molecule has 0 amide bonds. The van der Waals surface area contributed by atoms with E-state index in [0.29, 0.717) is 5.92 Å². The molecule has 0 aliphatic heterocycles. The highest BCUT2D eigenvalue weighted by molar-refractivity contribution is 9.10. The number of benzene rings is 1. The van der Waals surface area contributed by atoms with Gasteiger partial charge in [-0.1, -0.05) is 42.6 Å². The molecule has 1 aromatic carbocycles. The fourth-order valence-electron chi connectivity index (χ4n) is 2.63. The second-order valence-corrected chi connectivity index (χ2v) is 6.61. The summed E-state index contributed by atoms with van der Waals surface area (Å²) < 4.78 is 7.20. The van der Waals surface area contributed by atoms with Gasteiger partial charge in [-0.25, -0.2) is 0 Å². The Balaban J connectivity index is 2.17. The van der Waals surface area contributed by atoms with Crippen LogP contribution in [-0.4, -0.2) is 17.3 Å². The first-order valence-electron chi connectivity index (χ1n) is 7.22. The van der Waals surface area contributed by atoms with Gasteiger partial charge in [-0.2, -0.15) is 0 Å². The Bertz CT molecular complexity index is 417. The molecule has 0 saturated heterocycles. The molecule has 106 valence electrons. The summed E-state index contributed by atoms with van der Waals surface area (Å²) >= 11 is 3.51. The SMILES string of the molecule is CC(C)c1cc(Br)ccc1OC1CCCCCC1O. The summed E-state index contributed by atoms with van der Waals surface area (Å²) in [7, 11) is 0. The number of rotatable bonds is 3. The molecule has 0 heterocycles. The Morgan fingerprint density at radius 3 is 2.68 bits per heavy atom. The van der Waals surface area contributed by atoms with Crippen molar-refractivity contribution in [2.24, 2.45) is 0 Å². The van der Waals surface area contributed by atoms with Crippen LogP contribution in [0.1, 0.15) is 57.4 Å². The summed E-state index contributed by atoms with van der Waals surface area (Å²) in [5.41, 5.74) is 1.20. The predicted octanol–water partition coefficient (Wildman–Crippen LogP) is 4.64. The largest absolute Gasteiger partial charge is 0.487 e. The minimum atomic E-state index is -0.328. The zero-order valence-electron chi connectivity index (χ0n) is 11.7. The fourth-order valence-corrected chi connectivity index (χ4v) is 3.01. The molecule has 2 atom stereocenters. The molecule has 1 fully saturated rings. The van der Waals surface area contributed by atoms with Crippen molar-refractivity contribution in [3.05, 3.63) is 28.2 Å². The maximum atomic E-state index is 10.2. The van der Waals surface area contributed by atoms with Gasteiger partial charge >= 0.3 is 0 Å². The molecule has 2 rings (SSSR count). The summed E-state index contributed by atoms with van der Waals surface area (Å²) in [6.45, 7) is 4.33. The molecule has 1 aliphatic carbocycles. The zero-order valence-corrected chi connectivity index (χ0v) is 13.3. The lowest BCUT2D eigenvalue weighted by Gasteiger charge is -2.24. The van der Waals surface area contributed by atoms with Crippen molar-refractivity contribution in [2.45, 2.75) is 64.1 Å². The number of hydrogen-bond donors (Lipinski definition) is 1. The van der Waals surface area contributed by atoms with E-state index in [1.54, 1.807) is 0 Å². The molecule has 3 heteroatoms. The fraction of sp³-hybridized carbons (Fsp3) is 0.625. The van der Waals surface area contributed by atoms with Crippen molar-refractivity contribution in [2.75, 3.05) is 0 Å². The summed E-state index contributed by atoms with van der Waals surface area (Å²) in [5.74, 6) is 1.33. The van der Waals surface area contributed by atoms with Crippen LogP contribution in [0.2, 0.25) is 0 Å². The van der Waals surface area contributed by atoms with E-state index in [0.717, 1.165) is 35.9 Å². The lowest BCUT2D eigenvalue weighted by Crippen LogP contribution is -2.30. The zero-order chi connectivity index (χ0) is 13.8. The van der Waals surface area contributed by atoms with E-state index in [1.807, 2.05) is 12.1 Å². The standard InChI is InChI=1S/C16H23BrO2/c1-11(2)13-10-12(17)8-9-15(13)19-16-7-5-3-4-6-14(16)18/h8-11,14,16,18H,3-7H2,1-2H3.